The predicted molar refractivity (Wildman–Crippen MR) is 178 cm³/mol. The molecule has 11 heteroatoms. The third-order valence-corrected chi connectivity index (χ3v) is 7.90. The van der Waals surface area contributed by atoms with E-state index in [1.165, 1.54) is 15.2 Å². The van der Waals surface area contributed by atoms with Crippen molar-refractivity contribution in [2.75, 3.05) is 31.1 Å². The van der Waals surface area contributed by atoms with E-state index in [0.29, 0.717) is 61.1 Å². The minimum atomic E-state index is -0.596. The van der Waals surface area contributed by atoms with E-state index in [2.05, 4.69) is 4.98 Å². The number of pyridine rings is 1. The Morgan fingerprint density at radius 1 is 0.809 bits per heavy atom. The number of ether oxygens (including phenoxy) is 3. The normalized spacial score (nSPS) is 13.6. The molecule has 1 fully saturated rings. The smallest absolute Gasteiger partial charge is 0.410 e. The molecule has 6 rings (SSSR count). The van der Waals surface area contributed by atoms with Crippen LogP contribution < -0.4 is 20.1 Å². The van der Waals surface area contributed by atoms with Gasteiger partial charge in [-0.15, -0.1) is 0 Å². The number of anilines is 1. The van der Waals surface area contributed by atoms with Gasteiger partial charge in [0.05, 0.1) is 16.7 Å². The van der Waals surface area contributed by atoms with E-state index in [-0.39, 0.29) is 24.3 Å². The molecule has 10 nitrogen and oxygen atoms in total. The van der Waals surface area contributed by atoms with Crippen molar-refractivity contribution in [3.8, 4) is 17.4 Å². The van der Waals surface area contributed by atoms with E-state index < -0.39 is 11.4 Å². The number of amides is 1. The minimum absolute atomic E-state index is 0.178. The Hall–Kier alpha value is -5.32. The van der Waals surface area contributed by atoms with Gasteiger partial charge in [-0.3, -0.25) is 9.13 Å². The van der Waals surface area contributed by atoms with Crippen LogP contribution in [-0.2, 0) is 25.0 Å². The Morgan fingerprint density at radius 3 is 2.04 bits per heavy atom. The van der Waals surface area contributed by atoms with Crippen molar-refractivity contribution < 1.29 is 23.4 Å². The molecular weight excluding hydrogens is 601 g/mol. The van der Waals surface area contributed by atoms with Crippen LogP contribution in [0.25, 0.3) is 16.7 Å². The maximum atomic E-state index is 15.9. The number of imidazole rings is 1. The molecule has 3 aromatic carbocycles. The number of aryl methyl sites for hydroxylation is 1. The molecule has 244 valence electrons. The maximum Gasteiger partial charge on any atom is 0.410 e. The van der Waals surface area contributed by atoms with Crippen molar-refractivity contribution >= 4 is 22.8 Å². The van der Waals surface area contributed by atoms with Crippen molar-refractivity contribution in [3.05, 3.63) is 112 Å². The van der Waals surface area contributed by atoms with E-state index in [1.54, 1.807) is 30.1 Å². The molecule has 0 atom stereocenters. The lowest BCUT2D eigenvalue weighted by Gasteiger charge is -2.36. The highest BCUT2D eigenvalue weighted by Crippen LogP contribution is 2.31. The summed E-state index contributed by atoms with van der Waals surface area (Å²) >= 11 is 0. The summed E-state index contributed by atoms with van der Waals surface area (Å²) in [5, 5.41) is 0. The van der Waals surface area contributed by atoms with Crippen molar-refractivity contribution in [1.29, 1.82) is 0 Å². The Labute approximate surface area is 272 Å². The molecule has 0 spiro atoms. The van der Waals surface area contributed by atoms with Crippen LogP contribution in [0.2, 0.25) is 0 Å². The van der Waals surface area contributed by atoms with Crippen LogP contribution in [0.5, 0.6) is 11.8 Å². The van der Waals surface area contributed by atoms with Crippen LogP contribution in [0.3, 0.4) is 0 Å². The van der Waals surface area contributed by atoms with E-state index in [4.69, 9.17) is 14.2 Å². The molecule has 2 aromatic heterocycles. The number of carbonyl (C=O) groups excluding carboxylic acids is 1. The lowest BCUT2D eigenvalue weighted by Crippen LogP contribution is -2.50. The highest BCUT2D eigenvalue weighted by molar-refractivity contribution is 5.83. The van der Waals surface area contributed by atoms with Gasteiger partial charge in [-0.05, 0) is 44.0 Å². The summed E-state index contributed by atoms with van der Waals surface area (Å²) in [6, 6.07) is 25.8. The maximum absolute atomic E-state index is 15.9. The van der Waals surface area contributed by atoms with Crippen molar-refractivity contribution in [2.24, 2.45) is 7.05 Å². The van der Waals surface area contributed by atoms with Gasteiger partial charge >= 0.3 is 11.8 Å². The molecule has 1 saturated heterocycles. The first kappa shape index (κ1) is 31.7. The summed E-state index contributed by atoms with van der Waals surface area (Å²) in [5.74, 6) is 0.0230. The van der Waals surface area contributed by atoms with Crippen LogP contribution in [0.1, 0.15) is 31.9 Å². The van der Waals surface area contributed by atoms with Gasteiger partial charge in [0.1, 0.15) is 30.3 Å². The van der Waals surface area contributed by atoms with Gasteiger partial charge in [0.2, 0.25) is 11.8 Å². The van der Waals surface area contributed by atoms with Gasteiger partial charge < -0.3 is 24.0 Å². The van der Waals surface area contributed by atoms with Gasteiger partial charge in [0.15, 0.2) is 0 Å². The molecule has 5 aromatic rings. The topological polar surface area (TPSA) is 91.1 Å². The molecule has 0 radical (unpaired) electrons. The zero-order chi connectivity index (χ0) is 33.1. The monoisotopic (exact) mass is 639 g/mol. The lowest BCUT2D eigenvalue weighted by atomic mass is 10.2. The highest BCUT2D eigenvalue weighted by atomic mass is 19.1. The summed E-state index contributed by atoms with van der Waals surface area (Å²) < 4.78 is 36.4. The van der Waals surface area contributed by atoms with Gasteiger partial charge in [0.25, 0.3) is 0 Å². The van der Waals surface area contributed by atoms with E-state index in [9.17, 15) is 9.59 Å². The summed E-state index contributed by atoms with van der Waals surface area (Å²) in [6.07, 6.45) is -0.386. The van der Waals surface area contributed by atoms with E-state index in [0.717, 1.165) is 11.1 Å². The average Bonchev–Trinajstić information content (AvgIpc) is 3.30. The first-order valence-electron chi connectivity index (χ1n) is 15.6. The SMILES string of the molecule is Cn1c(=O)n(-c2ccc(OCc3ccccc3)nc2OCc2ccccc2)c2cc(F)c(N3CCN(C(=O)OC(C)(C)C)CC3)cc21. The Kier molecular flexibility index (Phi) is 8.88. The number of fused-ring (bicyclic) bond motifs is 1. The molecule has 3 heterocycles. The second kappa shape index (κ2) is 13.2. The number of hydrogen-bond acceptors (Lipinski definition) is 7. The van der Waals surface area contributed by atoms with Crippen LogP contribution in [0, 0.1) is 5.82 Å². The summed E-state index contributed by atoms with van der Waals surface area (Å²) in [5.41, 5.74) is 2.56. The fourth-order valence-corrected chi connectivity index (χ4v) is 5.51. The fourth-order valence-electron chi connectivity index (χ4n) is 5.51. The number of piperazine rings is 1. The van der Waals surface area contributed by atoms with Crippen LogP contribution in [-0.4, -0.2) is 56.9 Å². The molecule has 0 aliphatic carbocycles. The van der Waals surface area contributed by atoms with Crippen LogP contribution >= 0.6 is 0 Å². The molecule has 1 aliphatic rings. The van der Waals surface area contributed by atoms with Crippen molar-refractivity contribution in [3.63, 3.8) is 0 Å². The fraction of sp³-hybridized carbons (Fsp3) is 0.306. The average molecular weight is 640 g/mol. The Morgan fingerprint density at radius 2 is 1.43 bits per heavy atom. The zero-order valence-corrected chi connectivity index (χ0v) is 27.0. The standard InChI is InChI=1S/C36H38FN5O5/c1-36(2,3)47-35(44)41-19-17-40(18-20-41)29-22-30-31(21-27(29)37)42(34(43)39(30)4)28-15-16-32(45-23-25-11-7-5-8-12-25)38-33(28)46-24-26-13-9-6-10-14-26/h5-16,21-22H,17-20,23-24H2,1-4H3. The molecular formula is C36H38FN5O5. The summed E-state index contributed by atoms with van der Waals surface area (Å²) in [6.45, 7) is 7.60. The molecule has 0 bridgehead atoms. The first-order chi connectivity index (χ1) is 22.6. The molecule has 0 saturated carbocycles. The molecule has 1 amide bonds. The zero-order valence-electron chi connectivity index (χ0n) is 27.0. The number of rotatable bonds is 8. The number of aromatic nitrogens is 3. The lowest BCUT2D eigenvalue weighted by molar-refractivity contribution is 0.0240. The van der Waals surface area contributed by atoms with Gasteiger partial charge in [-0.2, -0.15) is 4.98 Å². The third-order valence-electron chi connectivity index (χ3n) is 7.90. The number of nitrogens with zero attached hydrogens (tertiary/aromatic N) is 5. The second-order valence-corrected chi connectivity index (χ2v) is 12.4. The van der Waals surface area contributed by atoms with Crippen molar-refractivity contribution in [2.45, 2.75) is 39.6 Å². The second-order valence-electron chi connectivity index (χ2n) is 12.4. The Balaban J connectivity index is 1.31. The van der Waals surface area contributed by atoms with Crippen LogP contribution in [0.4, 0.5) is 14.9 Å². The van der Waals surface area contributed by atoms with E-state index in [1.807, 2.05) is 86.3 Å². The number of carbonyl (C=O) groups is 1. The largest absolute Gasteiger partial charge is 0.473 e. The Bertz CT molecular complexity index is 1930. The van der Waals surface area contributed by atoms with Crippen molar-refractivity contribution in [1.82, 2.24) is 19.0 Å². The van der Waals surface area contributed by atoms with Gasteiger partial charge in [-0.25, -0.2) is 14.0 Å². The molecule has 0 N–H and O–H groups in total. The summed E-state index contributed by atoms with van der Waals surface area (Å²) in [4.78, 5) is 34.4. The third kappa shape index (κ3) is 7.09. The quantitative estimate of drug-likeness (QED) is 0.203. The molecule has 47 heavy (non-hydrogen) atoms. The molecule has 0 unspecified atom stereocenters. The minimum Gasteiger partial charge on any atom is -0.473 e. The van der Waals surface area contributed by atoms with Crippen LogP contribution in [0.15, 0.2) is 89.7 Å². The van der Waals surface area contributed by atoms with Gasteiger partial charge in [-0.1, -0.05) is 60.7 Å². The summed E-state index contributed by atoms with van der Waals surface area (Å²) in [7, 11) is 1.65. The predicted octanol–water partition coefficient (Wildman–Crippen LogP) is 6.08. The van der Waals surface area contributed by atoms with E-state index >= 15 is 4.39 Å². The molecule has 1 aliphatic heterocycles. The number of benzene rings is 3. The first-order valence-corrected chi connectivity index (χ1v) is 15.6. The number of hydrogen-bond donors (Lipinski definition) is 0. The number of halogens is 1. The highest BCUT2D eigenvalue weighted by Gasteiger charge is 2.28. The van der Waals surface area contributed by atoms with Gasteiger partial charge in [0, 0.05) is 45.4 Å².